The van der Waals surface area contributed by atoms with Gasteiger partial charge in [-0.1, -0.05) is 294 Å². The van der Waals surface area contributed by atoms with Crippen molar-refractivity contribution >= 4 is 5.91 Å². The van der Waals surface area contributed by atoms with Crippen LogP contribution in [0.25, 0.3) is 0 Å². The zero-order valence-corrected chi connectivity index (χ0v) is 50.6. The number of hydrogen-bond donors (Lipinski definition) is 2. The van der Waals surface area contributed by atoms with Crippen LogP contribution in [-0.4, -0.2) is 73.2 Å². The second kappa shape index (κ2) is 41.8. The van der Waals surface area contributed by atoms with Crippen LogP contribution in [0.5, 0.6) is 0 Å². The lowest BCUT2D eigenvalue weighted by Gasteiger charge is -2.46. The van der Waals surface area contributed by atoms with Crippen molar-refractivity contribution in [1.29, 1.82) is 0 Å². The third-order valence-corrected chi connectivity index (χ3v) is 15.4. The van der Waals surface area contributed by atoms with Gasteiger partial charge in [0.05, 0.1) is 52.3 Å². The second-order valence-corrected chi connectivity index (χ2v) is 23.1. The van der Waals surface area contributed by atoms with Gasteiger partial charge in [-0.25, -0.2) is 0 Å². The first kappa shape index (κ1) is 66.9. The van der Waals surface area contributed by atoms with Crippen LogP contribution in [0.1, 0.15) is 183 Å². The molecular weight excluding hydrogens is 1030 g/mol. The van der Waals surface area contributed by atoms with Crippen molar-refractivity contribution in [3.63, 3.8) is 0 Å². The summed E-state index contributed by atoms with van der Waals surface area (Å²) in [5.41, 5.74) is 4.88. The number of rotatable bonds is 43. The fourth-order valence-corrected chi connectivity index (χ4v) is 10.6. The van der Waals surface area contributed by atoms with Crippen LogP contribution < -0.4 is 5.32 Å². The summed E-state index contributed by atoms with van der Waals surface area (Å²) in [7, 11) is 0. The van der Waals surface area contributed by atoms with Gasteiger partial charge in [0.25, 0.3) is 0 Å². The lowest BCUT2D eigenvalue weighted by molar-refractivity contribution is -0.330. The van der Waals surface area contributed by atoms with Crippen LogP contribution in [0.4, 0.5) is 0 Å². The minimum atomic E-state index is -1.25. The fourth-order valence-electron chi connectivity index (χ4n) is 10.6. The molecule has 0 radical (unpaired) electrons. The number of unbranched alkanes of at least 4 members (excludes halogenated alkanes) is 18. The van der Waals surface area contributed by atoms with E-state index in [1.807, 2.05) is 152 Å². The molecule has 0 saturated carbocycles. The summed E-state index contributed by atoms with van der Waals surface area (Å²) >= 11 is 0. The molecule has 0 bridgehead atoms. The predicted molar refractivity (Wildman–Crippen MR) is 334 cm³/mol. The largest absolute Gasteiger partial charge is 0.378 e. The van der Waals surface area contributed by atoms with Crippen LogP contribution in [0, 0.1) is 17.8 Å². The van der Waals surface area contributed by atoms with Crippen molar-refractivity contribution in [3.8, 4) is 11.8 Å². The highest BCUT2D eigenvalue weighted by Gasteiger charge is 2.49. The maximum atomic E-state index is 14.3. The number of nitrogens with one attached hydrogen (secondary N) is 1. The molecule has 0 unspecified atom stereocenters. The topological polar surface area (TPSA) is 114 Å². The molecule has 1 saturated heterocycles. The molecule has 0 aliphatic carbocycles. The predicted octanol–water partition coefficient (Wildman–Crippen LogP) is 16.0. The quantitative estimate of drug-likeness (QED) is 0.0291. The van der Waals surface area contributed by atoms with E-state index < -0.39 is 49.0 Å². The standard InChI is InChI=1S/C73H101NO9/c1-4-5-6-7-8-9-10-11-12-13-14-15-16-17-18-19-20-21-37-51-68(76)74-65(69(66(75)50-38-39-59(2)3)78-53-61-42-29-23-30-43-61)57-82-73-72(81-56-64-48-35-26-36-49-64)71(80-55-63-46-33-25-34-47-63)70(79-54-62-44-31-24-32-45-62)67(83-73)58-77-52-60-40-27-22-28-41-60/h22-36,40-49,59,65-67,69-73,75H,4-21,37,39,51-58H2,1-3H3,(H,74,76)/t65-,66+,67+,69-,70-,71-,72+,73-/m0/s1. The van der Waals surface area contributed by atoms with Gasteiger partial charge < -0.3 is 43.6 Å². The van der Waals surface area contributed by atoms with Crippen LogP contribution in [0.3, 0.4) is 0 Å². The molecule has 1 amide bonds. The molecule has 452 valence electrons. The summed E-state index contributed by atoms with van der Waals surface area (Å²) < 4.78 is 48.1. The molecular formula is C73H101NO9. The highest BCUT2D eigenvalue weighted by molar-refractivity contribution is 5.76. The minimum Gasteiger partial charge on any atom is -0.378 e. The molecule has 1 heterocycles. The van der Waals surface area contributed by atoms with Gasteiger partial charge in [-0.15, -0.1) is 5.92 Å². The molecule has 0 aromatic heterocycles. The Hall–Kier alpha value is -5.19. The van der Waals surface area contributed by atoms with Crippen LogP contribution in [0.2, 0.25) is 0 Å². The molecule has 5 aromatic carbocycles. The van der Waals surface area contributed by atoms with Crippen LogP contribution in [-0.2, 0) is 71.0 Å². The summed E-state index contributed by atoms with van der Waals surface area (Å²) in [5.74, 6) is 6.41. The van der Waals surface area contributed by atoms with E-state index in [1.165, 1.54) is 103 Å². The van der Waals surface area contributed by atoms with E-state index in [0.29, 0.717) is 25.4 Å². The molecule has 1 fully saturated rings. The molecule has 0 spiro atoms. The van der Waals surface area contributed by atoms with E-state index in [0.717, 1.165) is 47.1 Å². The Labute approximate surface area is 500 Å². The normalized spacial score (nSPS) is 18.1. The zero-order valence-electron chi connectivity index (χ0n) is 50.6. The Kier molecular flexibility index (Phi) is 33.7. The molecule has 8 atom stereocenters. The van der Waals surface area contributed by atoms with E-state index in [2.05, 4.69) is 37.9 Å². The maximum Gasteiger partial charge on any atom is 0.220 e. The third-order valence-electron chi connectivity index (χ3n) is 15.4. The number of carbonyl (C=O) groups is 1. The van der Waals surface area contributed by atoms with Crippen molar-refractivity contribution in [2.45, 2.75) is 238 Å². The first-order valence-corrected chi connectivity index (χ1v) is 31.8. The third kappa shape index (κ3) is 27.6. The summed E-state index contributed by atoms with van der Waals surface area (Å²) in [6.45, 7) is 7.83. The molecule has 5 aromatic rings. The molecule has 2 N–H and O–H groups in total. The van der Waals surface area contributed by atoms with Gasteiger partial charge in [0.15, 0.2) is 6.29 Å². The van der Waals surface area contributed by atoms with Crippen molar-refractivity contribution in [1.82, 2.24) is 5.32 Å². The Morgan fingerprint density at radius 2 is 0.904 bits per heavy atom. The SMILES string of the molecule is CCCCCCCCCCCCCCCCCCCCCC(=O)N[C@@H](CO[C@H]1O[C@H](COCc2ccccc2)[C@H](OCc2ccccc2)[C@H](OCc2ccccc2)[C@H]1OCc1ccccc1)[C@H](OCc1ccccc1)[C@H](O)C#CCC(C)C. The number of aliphatic hydroxyl groups excluding tert-OH is 1. The van der Waals surface area contributed by atoms with Crippen molar-refractivity contribution in [2.24, 2.45) is 5.92 Å². The Morgan fingerprint density at radius 1 is 0.506 bits per heavy atom. The zero-order chi connectivity index (χ0) is 58.2. The highest BCUT2D eigenvalue weighted by Crippen LogP contribution is 2.32. The van der Waals surface area contributed by atoms with E-state index in [-0.39, 0.29) is 45.5 Å². The number of amides is 1. The average molecular weight is 1140 g/mol. The molecule has 6 rings (SSSR count). The lowest BCUT2D eigenvalue weighted by Crippen LogP contribution is -2.62. The lowest BCUT2D eigenvalue weighted by atomic mass is 9.97. The van der Waals surface area contributed by atoms with E-state index in [4.69, 9.17) is 33.2 Å². The van der Waals surface area contributed by atoms with Gasteiger partial charge in [-0.05, 0) is 40.2 Å². The summed E-state index contributed by atoms with van der Waals surface area (Å²) in [6.07, 6.45) is 19.1. The van der Waals surface area contributed by atoms with Crippen LogP contribution in [0.15, 0.2) is 152 Å². The van der Waals surface area contributed by atoms with Gasteiger partial charge in [0, 0.05) is 12.8 Å². The van der Waals surface area contributed by atoms with Crippen molar-refractivity contribution in [2.75, 3.05) is 13.2 Å². The maximum absolute atomic E-state index is 14.3. The smallest absolute Gasteiger partial charge is 0.220 e. The van der Waals surface area contributed by atoms with Gasteiger partial charge in [0.1, 0.15) is 36.6 Å². The minimum absolute atomic E-state index is 0.109. The first-order valence-electron chi connectivity index (χ1n) is 31.8. The molecule has 10 heteroatoms. The van der Waals surface area contributed by atoms with E-state index in [9.17, 15) is 9.90 Å². The van der Waals surface area contributed by atoms with E-state index in [1.54, 1.807) is 0 Å². The first-order chi connectivity index (χ1) is 40.9. The average Bonchev–Trinajstić information content (AvgIpc) is 3.70. The van der Waals surface area contributed by atoms with Crippen molar-refractivity contribution in [3.05, 3.63) is 179 Å². The number of ether oxygens (including phenoxy) is 7. The van der Waals surface area contributed by atoms with Gasteiger partial charge in [-0.3, -0.25) is 4.79 Å². The monoisotopic (exact) mass is 1140 g/mol. The Morgan fingerprint density at radius 3 is 1.35 bits per heavy atom. The van der Waals surface area contributed by atoms with Crippen molar-refractivity contribution < 1.29 is 43.1 Å². The summed E-state index contributed by atoms with van der Waals surface area (Å²) in [6, 6.07) is 49.1. The molecule has 83 heavy (non-hydrogen) atoms. The highest BCUT2D eigenvalue weighted by atomic mass is 16.7. The number of carbonyl (C=O) groups excluding carboxylic acids is 1. The van der Waals surface area contributed by atoms with Gasteiger partial charge >= 0.3 is 0 Å². The number of aliphatic hydroxyl groups is 1. The Bertz CT molecular complexity index is 2440. The Balaban J connectivity index is 1.18. The fraction of sp³-hybridized carbons (Fsp3) is 0.548. The molecule has 1 aliphatic rings. The number of hydrogen-bond acceptors (Lipinski definition) is 9. The molecule has 10 nitrogen and oxygen atoms in total. The van der Waals surface area contributed by atoms with Gasteiger partial charge in [-0.2, -0.15) is 0 Å². The van der Waals surface area contributed by atoms with E-state index >= 15 is 0 Å². The van der Waals surface area contributed by atoms with Crippen LogP contribution >= 0.6 is 0 Å². The molecule has 1 aliphatic heterocycles. The second-order valence-electron chi connectivity index (χ2n) is 23.1. The number of benzene rings is 5. The summed E-state index contributed by atoms with van der Waals surface area (Å²) in [4.78, 5) is 14.3. The van der Waals surface area contributed by atoms with Gasteiger partial charge in [0.2, 0.25) is 5.91 Å². The summed E-state index contributed by atoms with van der Waals surface area (Å²) in [5, 5.41) is 15.3.